The second-order valence-electron chi connectivity index (χ2n) is 11.8. The molecule has 0 saturated heterocycles. The number of nitrogens with one attached hydrogen (secondary N) is 1. The molecule has 6 rings (SSSR count). The lowest BCUT2D eigenvalue weighted by Gasteiger charge is -2.42. The van der Waals surface area contributed by atoms with E-state index in [1.807, 2.05) is 6.92 Å². The van der Waals surface area contributed by atoms with Crippen LogP contribution in [0.4, 0.5) is 5.69 Å². The van der Waals surface area contributed by atoms with Crippen molar-refractivity contribution in [3.8, 4) is 17.3 Å². The molecule has 3 aromatic heterocycles. The van der Waals surface area contributed by atoms with Gasteiger partial charge in [-0.05, 0) is 56.1 Å². The van der Waals surface area contributed by atoms with Crippen LogP contribution in [0, 0.1) is 17.8 Å². The number of methoxy groups -OCH3 is 2. The molecular weight excluding hydrogens is 582 g/mol. The van der Waals surface area contributed by atoms with Gasteiger partial charge in [0.15, 0.2) is 21.5 Å². The second-order valence-corrected chi connectivity index (χ2v) is 14.0. The fourth-order valence-electron chi connectivity index (χ4n) is 6.07. The molecule has 44 heavy (non-hydrogen) atoms. The highest BCUT2D eigenvalue weighted by Crippen LogP contribution is 2.46. The molecule has 0 amide bonds. The number of fused-ring (bicyclic) bond motifs is 1. The van der Waals surface area contributed by atoms with Gasteiger partial charge >= 0.3 is 0 Å². The lowest BCUT2D eigenvalue weighted by Crippen LogP contribution is -2.44. The summed E-state index contributed by atoms with van der Waals surface area (Å²) in [5, 5.41) is 3.23. The maximum Gasteiger partial charge on any atom is 0.227 e. The van der Waals surface area contributed by atoms with Gasteiger partial charge in [0.1, 0.15) is 11.9 Å². The van der Waals surface area contributed by atoms with Crippen LogP contribution in [0.3, 0.4) is 0 Å². The van der Waals surface area contributed by atoms with Crippen molar-refractivity contribution in [2.24, 2.45) is 22.7 Å². The minimum absolute atomic E-state index is 0.00487. The first-order chi connectivity index (χ1) is 21.2. The smallest absolute Gasteiger partial charge is 0.227 e. The highest BCUT2D eigenvalue weighted by atomic mass is 32.2. The van der Waals surface area contributed by atoms with E-state index in [0.717, 1.165) is 37.1 Å². The zero-order chi connectivity index (χ0) is 31.0. The minimum Gasteiger partial charge on any atom is -0.480 e. The number of hydrogen-bond acceptors (Lipinski definition) is 11. The molecule has 0 aromatic carbocycles. The molecule has 3 aromatic rings. The minimum atomic E-state index is -3.36. The molecule has 0 radical (unpaired) electrons. The van der Waals surface area contributed by atoms with E-state index in [1.54, 1.807) is 33.4 Å². The third-order valence-corrected chi connectivity index (χ3v) is 10.8. The fourth-order valence-corrected chi connectivity index (χ4v) is 6.89. The first-order valence-electron chi connectivity index (χ1n) is 15.0. The Bertz CT molecular complexity index is 1690. The van der Waals surface area contributed by atoms with Crippen molar-refractivity contribution in [3.63, 3.8) is 0 Å². The molecule has 2 unspecified atom stereocenters. The summed E-state index contributed by atoms with van der Waals surface area (Å²) in [5.74, 6) is 1.38. The fraction of sp³-hybridized carbons (Fsp3) is 0.516. The number of rotatable bonds is 9. The van der Waals surface area contributed by atoms with Crippen molar-refractivity contribution >= 4 is 27.1 Å². The Morgan fingerprint density at radius 1 is 1.07 bits per heavy atom. The highest BCUT2D eigenvalue weighted by Gasteiger charge is 2.42. The number of hydrogen-bond donors (Lipinski definition) is 1. The average molecular weight is 620 g/mol. The molecule has 12 nitrogen and oxygen atoms in total. The van der Waals surface area contributed by atoms with Crippen LogP contribution < -0.4 is 10.1 Å². The van der Waals surface area contributed by atoms with Crippen molar-refractivity contribution in [1.29, 1.82) is 0 Å². The van der Waals surface area contributed by atoms with Crippen LogP contribution in [0.25, 0.3) is 11.4 Å². The Labute approximate surface area is 257 Å². The largest absolute Gasteiger partial charge is 0.480 e. The lowest BCUT2D eigenvalue weighted by molar-refractivity contribution is -0.120. The number of ether oxygens (including phenoxy) is 2. The lowest BCUT2D eigenvalue weighted by atomic mass is 9.66. The summed E-state index contributed by atoms with van der Waals surface area (Å²) < 4.78 is 35.5. The molecule has 232 valence electrons. The predicted molar refractivity (Wildman–Crippen MR) is 163 cm³/mol. The van der Waals surface area contributed by atoms with Crippen LogP contribution in [-0.4, -0.2) is 71.0 Å². The van der Waals surface area contributed by atoms with Crippen molar-refractivity contribution in [3.05, 3.63) is 47.9 Å². The Morgan fingerprint density at radius 3 is 2.52 bits per heavy atom. The number of aromatic nitrogens is 5. The van der Waals surface area contributed by atoms with Crippen LogP contribution in [0.1, 0.15) is 62.5 Å². The number of anilines is 1. The van der Waals surface area contributed by atoms with E-state index >= 15 is 0 Å². The summed E-state index contributed by atoms with van der Waals surface area (Å²) in [4.78, 5) is 41.6. The van der Waals surface area contributed by atoms with Gasteiger partial charge in [-0.3, -0.25) is 14.8 Å². The predicted octanol–water partition coefficient (Wildman–Crippen LogP) is 3.82. The number of pyridine rings is 1. The van der Waals surface area contributed by atoms with Crippen LogP contribution in [0.5, 0.6) is 5.88 Å². The standard InChI is InChI=1S/C31H37N7O5S/c1-5-44(40,41)22-9-8-20(32-14-22)13-33-30-28(39)17(2)23(19-10-21(11-19)42-3)12-24-25(38-30)15-34-29(37-24)26-27(18-6-7-18)35-16-36-31(26)43-4/h8-9,14-19,21,23H,5-7,10-13H2,1-4H3,(H,33,38). The van der Waals surface area contributed by atoms with E-state index in [4.69, 9.17) is 19.4 Å². The van der Waals surface area contributed by atoms with Crippen LogP contribution in [0.2, 0.25) is 0 Å². The second kappa shape index (κ2) is 12.3. The summed E-state index contributed by atoms with van der Waals surface area (Å²) in [6.07, 6.45) is 9.20. The Hall–Kier alpha value is -3.84. The highest BCUT2D eigenvalue weighted by molar-refractivity contribution is 7.91. The van der Waals surface area contributed by atoms with Gasteiger partial charge in [0.2, 0.25) is 11.7 Å². The van der Waals surface area contributed by atoms with E-state index in [-0.39, 0.29) is 46.8 Å². The summed E-state index contributed by atoms with van der Waals surface area (Å²) >= 11 is 0. The molecule has 0 spiro atoms. The number of carbonyl (C=O) groups is 1. The molecule has 2 aliphatic carbocycles. The van der Waals surface area contributed by atoms with Gasteiger partial charge in [-0.15, -0.1) is 0 Å². The third-order valence-electron chi connectivity index (χ3n) is 9.07. The van der Waals surface area contributed by atoms with Gasteiger partial charge in [0.25, 0.3) is 0 Å². The molecule has 2 saturated carbocycles. The molecule has 13 heteroatoms. The zero-order valence-electron chi connectivity index (χ0n) is 25.4. The Balaban J connectivity index is 1.36. The van der Waals surface area contributed by atoms with Crippen LogP contribution in [0.15, 0.2) is 40.7 Å². The van der Waals surface area contributed by atoms with E-state index in [9.17, 15) is 13.2 Å². The number of carbonyl (C=O) groups excluding carboxylic acids is 1. The summed E-state index contributed by atoms with van der Waals surface area (Å²) in [5.41, 5.74) is 3.55. The summed E-state index contributed by atoms with van der Waals surface area (Å²) in [6, 6.07) is 3.15. The van der Waals surface area contributed by atoms with Gasteiger partial charge < -0.3 is 14.8 Å². The monoisotopic (exact) mass is 619 g/mol. The topological polar surface area (TPSA) is 159 Å². The first-order valence-corrected chi connectivity index (χ1v) is 16.7. The quantitative estimate of drug-likeness (QED) is 0.371. The number of amidine groups is 1. The number of nitrogens with zero attached hydrogens (tertiary/aromatic N) is 6. The van der Waals surface area contributed by atoms with Crippen molar-refractivity contribution in [1.82, 2.24) is 24.9 Å². The third kappa shape index (κ3) is 5.94. The normalized spacial score (nSPS) is 24.5. The van der Waals surface area contributed by atoms with E-state index < -0.39 is 9.84 Å². The Kier molecular flexibility index (Phi) is 8.42. The van der Waals surface area contributed by atoms with Crippen LogP contribution in [-0.2, 0) is 32.3 Å². The van der Waals surface area contributed by atoms with Gasteiger partial charge in [0, 0.05) is 25.1 Å². The maximum atomic E-state index is 13.9. The Morgan fingerprint density at radius 2 is 1.86 bits per heavy atom. The van der Waals surface area contributed by atoms with Gasteiger partial charge in [0.05, 0.1) is 59.4 Å². The molecule has 3 aliphatic rings. The van der Waals surface area contributed by atoms with E-state index in [2.05, 4.69) is 25.3 Å². The van der Waals surface area contributed by atoms with Crippen LogP contribution >= 0.6 is 0 Å². The van der Waals surface area contributed by atoms with E-state index in [0.29, 0.717) is 46.9 Å². The molecule has 2 fully saturated rings. The number of Topliss-reactive ketones (excluding diaryl/α,β-unsaturated/α-hetero) is 1. The number of sulfone groups is 1. The SMILES string of the molecule is CCS(=O)(=O)c1ccc(CN=C2Nc3cnc(-c4c(OC)ncnc4C4CC4)nc3CC(C3CC(OC)C3)C(C)C2=O)nc1. The first kappa shape index (κ1) is 30.2. The van der Waals surface area contributed by atoms with Crippen molar-refractivity contribution in [2.75, 3.05) is 25.3 Å². The number of aliphatic imine (C=N–C) groups is 1. The summed E-state index contributed by atoms with van der Waals surface area (Å²) in [7, 11) is -0.0564. The molecule has 1 N–H and O–H groups in total. The number of ketones is 1. The maximum absolute atomic E-state index is 13.9. The average Bonchev–Trinajstić information content (AvgIpc) is 3.87. The van der Waals surface area contributed by atoms with Crippen molar-refractivity contribution < 1.29 is 22.7 Å². The molecule has 2 atom stereocenters. The van der Waals surface area contributed by atoms with Gasteiger partial charge in [-0.25, -0.2) is 28.4 Å². The molecule has 1 aliphatic heterocycles. The molecule has 4 heterocycles. The van der Waals surface area contributed by atoms with E-state index in [1.165, 1.54) is 18.6 Å². The van der Waals surface area contributed by atoms with Gasteiger partial charge in [-0.2, -0.15) is 0 Å². The zero-order valence-corrected chi connectivity index (χ0v) is 26.2. The molecule has 0 bridgehead atoms. The molecular formula is C31H37N7O5S. The van der Waals surface area contributed by atoms with Gasteiger partial charge in [-0.1, -0.05) is 13.8 Å². The van der Waals surface area contributed by atoms with Crippen molar-refractivity contribution in [2.45, 2.75) is 69.4 Å². The summed E-state index contributed by atoms with van der Waals surface area (Å²) in [6.45, 7) is 3.65.